The smallest absolute Gasteiger partial charge is 0.341 e. The van der Waals surface area contributed by atoms with Crippen molar-refractivity contribution in [1.82, 2.24) is 9.47 Å². The normalized spacial score (nSPS) is 22.6. The fraction of sp³-hybridized carbons (Fsp3) is 0.524. The highest BCUT2D eigenvalue weighted by Crippen LogP contribution is 2.45. The zero-order chi connectivity index (χ0) is 22.7. The molecule has 2 atom stereocenters. The molecule has 9 nitrogen and oxygen atoms in total. The van der Waals surface area contributed by atoms with Gasteiger partial charge in [-0.15, -0.1) is 0 Å². The third kappa shape index (κ3) is 3.26. The molecule has 4 rings (SSSR count). The van der Waals surface area contributed by atoms with E-state index in [4.69, 9.17) is 4.74 Å². The predicted octanol–water partition coefficient (Wildman–Crippen LogP) is 0.645. The Labute approximate surface area is 177 Å². The number of rotatable bonds is 4. The first-order valence-corrected chi connectivity index (χ1v) is 10.1. The molecule has 0 spiro atoms. The van der Waals surface area contributed by atoms with Crippen molar-refractivity contribution >= 4 is 22.6 Å². The van der Waals surface area contributed by atoms with E-state index in [1.165, 1.54) is 10.8 Å². The topological polar surface area (TPSA) is 115 Å². The Hall–Kier alpha value is -2.69. The molecular weight excluding hydrogens is 409 g/mol. The third-order valence-corrected chi connectivity index (χ3v) is 6.71. The number of hydrogen-bond donors (Lipinski definition) is 3. The molecule has 2 unspecified atom stereocenters. The number of piperazine rings is 1. The first kappa shape index (κ1) is 21.5. The molecular formula is C21H26FN3O6. The summed E-state index contributed by atoms with van der Waals surface area (Å²) in [6.07, 6.45) is -0.515. The summed E-state index contributed by atoms with van der Waals surface area (Å²) >= 11 is 0. The molecule has 1 saturated heterocycles. The van der Waals surface area contributed by atoms with Crippen molar-refractivity contribution < 1.29 is 29.2 Å². The highest BCUT2D eigenvalue weighted by molar-refractivity contribution is 5.97. The van der Waals surface area contributed by atoms with E-state index < -0.39 is 40.5 Å². The van der Waals surface area contributed by atoms with Gasteiger partial charge >= 0.3 is 5.97 Å². The van der Waals surface area contributed by atoms with E-state index in [1.807, 2.05) is 11.9 Å². The predicted molar refractivity (Wildman–Crippen MR) is 111 cm³/mol. The Morgan fingerprint density at radius 1 is 1.26 bits per heavy atom. The minimum atomic E-state index is -1.71. The van der Waals surface area contributed by atoms with Gasteiger partial charge in [0.25, 0.3) is 0 Å². The van der Waals surface area contributed by atoms with Gasteiger partial charge in [0.2, 0.25) is 5.43 Å². The number of nitrogens with zero attached hydrogens (tertiary/aromatic N) is 3. The largest absolute Gasteiger partial charge is 0.487 e. The van der Waals surface area contributed by atoms with Crippen molar-refractivity contribution in [3.63, 3.8) is 0 Å². The first-order chi connectivity index (χ1) is 14.6. The minimum Gasteiger partial charge on any atom is -0.487 e. The summed E-state index contributed by atoms with van der Waals surface area (Å²) in [4.78, 5) is 28.6. The van der Waals surface area contributed by atoms with Crippen LogP contribution in [0.3, 0.4) is 0 Å². The number of carboxylic acids is 1. The number of aliphatic hydroxyl groups excluding tert-OH is 1. The molecule has 0 amide bonds. The summed E-state index contributed by atoms with van der Waals surface area (Å²) in [7, 11) is 1.98. The van der Waals surface area contributed by atoms with Gasteiger partial charge < -0.3 is 34.4 Å². The number of anilines is 1. The molecule has 1 fully saturated rings. The van der Waals surface area contributed by atoms with Crippen molar-refractivity contribution in [1.29, 1.82) is 0 Å². The van der Waals surface area contributed by atoms with Crippen LogP contribution in [0.25, 0.3) is 10.9 Å². The Morgan fingerprint density at radius 3 is 2.48 bits per heavy atom. The Kier molecular flexibility index (Phi) is 5.19. The van der Waals surface area contributed by atoms with Gasteiger partial charge in [0, 0.05) is 38.3 Å². The maximum absolute atomic E-state index is 15.3. The van der Waals surface area contributed by atoms with Crippen LogP contribution in [0.15, 0.2) is 17.1 Å². The number of likely N-dealkylation sites (N-methyl/N-ethyl adjacent to an activating group) is 1. The second-order valence-corrected chi connectivity index (χ2v) is 8.62. The summed E-state index contributed by atoms with van der Waals surface area (Å²) in [5, 5.41) is 29.1. The number of ether oxygens (including phenoxy) is 1. The summed E-state index contributed by atoms with van der Waals surface area (Å²) in [6.45, 7) is 5.81. The van der Waals surface area contributed by atoms with Crippen LogP contribution in [0.1, 0.15) is 24.2 Å². The van der Waals surface area contributed by atoms with Crippen LogP contribution in [-0.4, -0.2) is 76.9 Å². The summed E-state index contributed by atoms with van der Waals surface area (Å²) in [6, 6.07) is 1.06. The van der Waals surface area contributed by atoms with E-state index in [1.54, 1.807) is 13.8 Å². The number of halogens is 1. The number of benzene rings is 1. The van der Waals surface area contributed by atoms with E-state index in [0.717, 1.165) is 19.2 Å². The molecule has 0 saturated carbocycles. The average Bonchev–Trinajstić information content (AvgIpc) is 2.72. The minimum absolute atomic E-state index is 0.0555. The summed E-state index contributed by atoms with van der Waals surface area (Å²) < 4.78 is 22.8. The maximum atomic E-state index is 15.3. The van der Waals surface area contributed by atoms with Gasteiger partial charge in [-0.25, -0.2) is 9.18 Å². The number of aromatic carboxylic acids is 1. The second kappa shape index (κ2) is 7.47. The second-order valence-electron chi connectivity index (χ2n) is 8.62. The number of pyridine rings is 1. The molecule has 2 aliphatic heterocycles. The molecule has 3 heterocycles. The SMILES string of the molecule is CC(C(O)O)C1(C)COc2c(N3CCN(C)CC3)c(F)cc3c(=O)c(C(=O)O)cn1c23. The monoisotopic (exact) mass is 435 g/mol. The Morgan fingerprint density at radius 2 is 1.90 bits per heavy atom. The van der Waals surface area contributed by atoms with Crippen molar-refractivity contribution in [2.45, 2.75) is 25.7 Å². The van der Waals surface area contributed by atoms with Crippen LogP contribution in [-0.2, 0) is 5.54 Å². The van der Waals surface area contributed by atoms with Crippen LogP contribution in [0.2, 0.25) is 0 Å². The van der Waals surface area contributed by atoms with E-state index in [0.29, 0.717) is 13.1 Å². The van der Waals surface area contributed by atoms with E-state index in [2.05, 4.69) is 4.90 Å². The molecule has 1 aromatic heterocycles. The van der Waals surface area contributed by atoms with Gasteiger partial charge in [-0.2, -0.15) is 0 Å². The number of carboxylic acid groups (broad SMARTS) is 1. The van der Waals surface area contributed by atoms with Gasteiger partial charge in [-0.1, -0.05) is 6.92 Å². The molecule has 0 aliphatic carbocycles. The lowest BCUT2D eigenvalue weighted by atomic mass is 9.84. The van der Waals surface area contributed by atoms with Crippen LogP contribution in [0.5, 0.6) is 5.75 Å². The van der Waals surface area contributed by atoms with Gasteiger partial charge in [0.05, 0.1) is 16.4 Å². The van der Waals surface area contributed by atoms with Crippen molar-refractivity contribution in [3.8, 4) is 5.75 Å². The summed E-state index contributed by atoms with van der Waals surface area (Å²) in [5.41, 5.74) is -1.93. The number of carbonyl (C=O) groups is 1. The lowest BCUT2D eigenvalue weighted by molar-refractivity contribution is -0.118. The molecule has 0 radical (unpaired) electrons. The van der Waals surface area contributed by atoms with Crippen molar-refractivity contribution in [3.05, 3.63) is 33.9 Å². The van der Waals surface area contributed by atoms with E-state index >= 15 is 4.39 Å². The van der Waals surface area contributed by atoms with Gasteiger partial charge in [0.1, 0.15) is 17.9 Å². The zero-order valence-corrected chi connectivity index (χ0v) is 17.6. The van der Waals surface area contributed by atoms with Gasteiger partial charge in [-0.05, 0) is 20.0 Å². The lowest BCUT2D eigenvalue weighted by Crippen LogP contribution is -2.50. The van der Waals surface area contributed by atoms with Crippen LogP contribution in [0, 0.1) is 11.7 Å². The Balaban J connectivity index is 2.05. The van der Waals surface area contributed by atoms with Crippen LogP contribution in [0.4, 0.5) is 10.1 Å². The molecule has 31 heavy (non-hydrogen) atoms. The van der Waals surface area contributed by atoms with E-state index in [-0.39, 0.29) is 28.9 Å². The molecule has 0 bridgehead atoms. The van der Waals surface area contributed by atoms with Gasteiger partial charge in [0.15, 0.2) is 17.9 Å². The Bertz CT molecular complexity index is 1110. The highest BCUT2D eigenvalue weighted by Gasteiger charge is 2.43. The number of hydrogen-bond acceptors (Lipinski definition) is 7. The van der Waals surface area contributed by atoms with Crippen molar-refractivity contribution in [2.75, 3.05) is 44.7 Å². The van der Waals surface area contributed by atoms with Gasteiger partial charge in [-0.3, -0.25) is 4.79 Å². The molecule has 2 aliphatic rings. The molecule has 168 valence electrons. The standard InChI is InChI=1S/C21H26FN3O6/c1-11(19(27)28)21(2)10-31-18-15-12(17(26)13(20(29)30)9-25(15)21)8-14(22)16(18)24-6-4-23(3)5-7-24/h8-9,11,19,27-28H,4-7,10H2,1-3H3,(H,29,30). The maximum Gasteiger partial charge on any atom is 0.341 e. The zero-order valence-electron chi connectivity index (χ0n) is 17.6. The average molecular weight is 435 g/mol. The number of aromatic nitrogens is 1. The van der Waals surface area contributed by atoms with Crippen molar-refractivity contribution in [2.24, 2.45) is 5.92 Å². The van der Waals surface area contributed by atoms with E-state index in [9.17, 15) is 24.9 Å². The quantitative estimate of drug-likeness (QED) is 0.600. The highest BCUT2D eigenvalue weighted by atomic mass is 19.1. The molecule has 10 heteroatoms. The first-order valence-electron chi connectivity index (χ1n) is 10.1. The molecule has 3 N–H and O–H groups in total. The third-order valence-electron chi connectivity index (χ3n) is 6.71. The van der Waals surface area contributed by atoms with Crippen LogP contribution >= 0.6 is 0 Å². The fourth-order valence-electron chi connectivity index (χ4n) is 4.39. The molecule has 1 aromatic carbocycles. The fourth-order valence-corrected chi connectivity index (χ4v) is 4.39. The number of aliphatic hydroxyl groups is 2. The van der Waals surface area contributed by atoms with Crippen LogP contribution < -0.4 is 15.1 Å². The lowest BCUT2D eigenvalue weighted by Gasteiger charge is -2.44. The summed E-state index contributed by atoms with van der Waals surface area (Å²) in [5.74, 6) is -2.69. The molecule has 2 aromatic rings.